The summed E-state index contributed by atoms with van der Waals surface area (Å²) in [7, 11) is 0. The van der Waals surface area contributed by atoms with Crippen molar-refractivity contribution in [1.29, 1.82) is 0 Å². The molecule has 2 heterocycles. The number of hydrogen-bond donors (Lipinski definition) is 1. The van der Waals surface area contributed by atoms with Gasteiger partial charge in [0.05, 0.1) is 19.1 Å². The number of aromatic nitrogens is 2. The Kier molecular flexibility index (Phi) is 3.34. The summed E-state index contributed by atoms with van der Waals surface area (Å²) in [6, 6.07) is 4.30. The molecule has 5 nitrogen and oxygen atoms in total. The Balaban J connectivity index is 1.92. The van der Waals surface area contributed by atoms with Gasteiger partial charge in [0.2, 0.25) is 11.7 Å². The monoisotopic (exact) mass is 327 g/mol. The second-order valence-electron chi connectivity index (χ2n) is 4.42. The molecule has 0 amide bonds. The molecule has 100 valence electrons. The molecule has 7 heteroatoms. The highest BCUT2D eigenvalue weighted by atomic mass is 79.9. The van der Waals surface area contributed by atoms with E-state index in [1.165, 1.54) is 12.1 Å². The predicted molar refractivity (Wildman–Crippen MR) is 68.9 cm³/mol. The summed E-state index contributed by atoms with van der Waals surface area (Å²) in [4.78, 5) is 4.27. The molecule has 2 atom stereocenters. The number of benzene rings is 1. The first-order valence-corrected chi connectivity index (χ1v) is 6.56. The second-order valence-corrected chi connectivity index (χ2v) is 5.34. The average Bonchev–Trinajstić information content (AvgIpc) is 2.95. The molecule has 0 bridgehead atoms. The highest BCUT2D eigenvalue weighted by molar-refractivity contribution is 9.10. The van der Waals surface area contributed by atoms with Gasteiger partial charge in [0.15, 0.2) is 0 Å². The van der Waals surface area contributed by atoms with Crippen molar-refractivity contribution in [3.63, 3.8) is 0 Å². The van der Waals surface area contributed by atoms with E-state index in [4.69, 9.17) is 15.0 Å². The fourth-order valence-electron chi connectivity index (χ4n) is 2.01. The molecule has 1 aromatic heterocycles. The Labute approximate surface area is 117 Å². The Hall–Kier alpha value is -1.31. The van der Waals surface area contributed by atoms with Crippen LogP contribution in [0.1, 0.15) is 11.8 Å². The van der Waals surface area contributed by atoms with Gasteiger partial charge in [-0.1, -0.05) is 21.1 Å². The number of rotatable bonds is 2. The van der Waals surface area contributed by atoms with Crippen LogP contribution in [-0.2, 0) is 4.74 Å². The third-order valence-electron chi connectivity index (χ3n) is 3.00. The summed E-state index contributed by atoms with van der Waals surface area (Å²) in [5.41, 5.74) is 6.44. The van der Waals surface area contributed by atoms with E-state index in [2.05, 4.69) is 26.1 Å². The van der Waals surface area contributed by atoms with Gasteiger partial charge in [-0.3, -0.25) is 0 Å². The standard InChI is InChI=1S/C12H11BrFN3O2/c13-7-1-6(2-8(14)3-7)11-16-12(19-17-11)9-4-18-5-10(9)15/h1-3,9-10H,4-5,15H2. The van der Waals surface area contributed by atoms with Crippen LogP contribution in [0.5, 0.6) is 0 Å². The number of halogens is 2. The molecule has 0 saturated carbocycles. The Morgan fingerprint density at radius 2 is 2.16 bits per heavy atom. The van der Waals surface area contributed by atoms with Gasteiger partial charge in [-0.2, -0.15) is 4.98 Å². The van der Waals surface area contributed by atoms with Gasteiger partial charge in [0, 0.05) is 16.1 Å². The van der Waals surface area contributed by atoms with Crippen molar-refractivity contribution in [3.8, 4) is 11.4 Å². The van der Waals surface area contributed by atoms with Crippen molar-refractivity contribution in [3.05, 3.63) is 34.4 Å². The highest BCUT2D eigenvalue weighted by Crippen LogP contribution is 2.27. The fourth-order valence-corrected chi connectivity index (χ4v) is 2.48. The molecular formula is C12H11BrFN3O2. The number of nitrogens with two attached hydrogens (primary N) is 1. The Morgan fingerprint density at radius 1 is 1.32 bits per heavy atom. The van der Waals surface area contributed by atoms with Crippen molar-refractivity contribution in [2.75, 3.05) is 13.2 Å². The number of nitrogens with zero attached hydrogens (tertiary/aromatic N) is 2. The molecule has 1 aliphatic rings. The van der Waals surface area contributed by atoms with Crippen LogP contribution in [0.4, 0.5) is 4.39 Å². The Morgan fingerprint density at radius 3 is 2.84 bits per heavy atom. The van der Waals surface area contributed by atoms with Gasteiger partial charge >= 0.3 is 0 Å². The Bertz CT molecular complexity index is 584. The zero-order chi connectivity index (χ0) is 13.4. The largest absolute Gasteiger partial charge is 0.379 e. The van der Waals surface area contributed by atoms with Gasteiger partial charge < -0.3 is 15.0 Å². The first kappa shape index (κ1) is 12.7. The smallest absolute Gasteiger partial charge is 0.234 e. The first-order chi connectivity index (χ1) is 9.13. The topological polar surface area (TPSA) is 74.2 Å². The van der Waals surface area contributed by atoms with E-state index in [-0.39, 0.29) is 17.8 Å². The van der Waals surface area contributed by atoms with Crippen molar-refractivity contribution < 1.29 is 13.7 Å². The molecule has 2 N–H and O–H groups in total. The summed E-state index contributed by atoms with van der Waals surface area (Å²) < 4.78 is 24.4. The van der Waals surface area contributed by atoms with Crippen LogP contribution in [0.25, 0.3) is 11.4 Å². The summed E-state index contributed by atoms with van der Waals surface area (Å²) in [5.74, 6) is 0.310. The van der Waals surface area contributed by atoms with Gasteiger partial charge in [-0.25, -0.2) is 4.39 Å². The summed E-state index contributed by atoms with van der Waals surface area (Å²) in [5, 5.41) is 3.86. The van der Waals surface area contributed by atoms with Gasteiger partial charge in [0.1, 0.15) is 5.82 Å². The normalized spacial score (nSPS) is 22.9. The van der Waals surface area contributed by atoms with Crippen molar-refractivity contribution in [2.45, 2.75) is 12.0 Å². The zero-order valence-electron chi connectivity index (χ0n) is 9.85. The van der Waals surface area contributed by atoms with Crippen molar-refractivity contribution in [1.82, 2.24) is 10.1 Å². The molecule has 3 rings (SSSR count). The molecule has 2 aromatic rings. The lowest BCUT2D eigenvalue weighted by Crippen LogP contribution is -2.26. The van der Waals surface area contributed by atoms with Gasteiger partial charge in [-0.05, 0) is 18.2 Å². The second kappa shape index (κ2) is 4.99. The van der Waals surface area contributed by atoms with E-state index in [9.17, 15) is 4.39 Å². The van der Waals surface area contributed by atoms with E-state index >= 15 is 0 Å². The molecular weight excluding hydrogens is 317 g/mol. The molecule has 2 unspecified atom stereocenters. The summed E-state index contributed by atoms with van der Waals surface area (Å²) in [6.45, 7) is 0.948. The van der Waals surface area contributed by atoms with E-state index in [1.54, 1.807) is 6.07 Å². The third-order valence-corrected chi connectivity index (χ3v) is 3.46. The van der Waals surface area contributed by atoms with Crippen LogP contribution in [0.3, 0.4) is 0 Å². The third kappa shape index (κ3) is 2.54. The zero-order valence-corrected chi connectivity index (χ0v) is 11.4. The molecule has 0 aliphatic carbocycles. The van der Waals surface area contributed by atoms with Gasteiger partial charge in [0.25, 0.3) is 0 Å². The molecule has 1 fully saturated rings. The predicted octanol–water partition coefficient (Wildman–Crippen LogP) is 2.08. The van der Waals surface area contributed by atoms with Crippen molar-refractivity contribution >= 4 is 15.9 Å². The van der Waals surface area contributed by atoms with Crippen LogP contribution >= 0.6 is 15.9 Å². The van der Waals surface area contributed by atoms with Crippen LogP contribution < -0.4 is 5.73 Å². The number of hydrogen-bond acceptors (Lipinski definition) is 5. The lowest BCUT2D eigenvalue weighted by molar-refractivity contribution is 0.187. The quantitative estimate of drug-likeness (QED) is 0.914. The van der Waals surface area contributed by atoms with E-state index in [0.29, 0.717) is 35.0 Å². The average molecular weight is 328 g/mol. The van der Waals surface area contributed by atoms with Gasteiger partial charge in [-0.15, -0.1) is 0 Å². The molecule has 1 aromatic carbocycles. The molecule has 1 saturated heterocycles. The maximum absolute atomic E-state index is 13.3. The summed E-state index contributed by atoms with van der Waals surface area (Å²) >= 11 is 3.23. The lowest BCUT2D eigenvalue weighted by atomic mass is 10.1. The van der Waals surface area contributed by atoms with E-state index < -0.39 is 0 Å². The molecule has 0 spiro atoms. The van der Waals surface area contributed by atoms with Crippen LogP contribution in [0.2, 0.25) is 0 Å². The highest BCUT2D eigenvalue weighted by Gasteiger charge is 2.31. The minimum atomic E-state index is -0.364. The summed E-state index contributed by atoms with van der Waals surface area (Å²) in [6.07, 6.45) is 0. The van der Waals surface area contributed by atoms with E-state index in [0.717, 1.165) is 0 Å². The van der Waals surface area contributed by atoms with Crippen molar-refractivity contribution in [2.24, 2.45) is 5.73 Å². The van der Waals surface area contributed by atoms with Crippen LogP contribution in [0, 0.1) is 5.82 Å². The minimum Gasteiger partial charge on any atom is -0.379 e. The number of ether oxygens (including phenoxy) is 1. The first-order valence-electron chi connectivity index (χ1n) is 5.77. The van der Waals surface area contributed by atoms with Crippen LogP contribution in [0.15, 0.2) is 27.2 Å². The molecule has 19 heavy (non-hydrogen) atoms. The SMILES string of the molecule is NC1COCC1c1nc(-c2cc(F)cc(Br)c2)no1. The fraction of sp³-hybridized carbons (Fsp3) is 0.333. The van der Waals surface area contributed by atoms with Crippen LogP contribution in [-0.4, -0.2) is 29.4 Å². The minimum absolute atomic E-state index is 0.0988. The maximum atomic E-state index is 13.3. The molecule has 0 radical (unpaired) electrons. The maximum Gasteiger partial charge on any atom is 0.234 e. The lowest BCUT2D eigenvalue weighted by Gasteiger charge is -2.06. The van der Waals surface area contributed by atoms with E-state index in [1.807, 2.05) is 0 Å². The molecule has 1 aliphatic heterocycles.